The van der Waals surface area contributed by atoms with Crippen molar-refractivity contribution >= 4 is 34.3 Å². The monoisotopic (exact) mass is 553 g/mol. The SMILES string of the molecule is COc1ccc2c(c1)CCc1nc(NC(=O)Cc3ccc(I)cc3)c(CC3CCCC3)nc1-2. The zero-order valence-electron chi connectivity index (χ0n) is 18.9. The first-order chi connectivity index (χ1) is 16.1. The van der Waals surface area contributed by atoms with Gasteiger partial charge in [-0.3, -0.25) is 4.79 Å². The third-order valence-electron chi connectivity index (χ3n) is 6.73. The second-order valence-electron chi connectivity index (χ2n) is 9.04. The Balaban J connectivity index is 1.46. The average molecular weight is 553 g/mol. The molecule has 0 atom stereocenters. The molecule has 170 valence electrons. The molecular formula is C27H28IN3O2. The highest BCUT2D eigenvalue weighted by molar-refractivity contribution is 14.1. The van der Waals surface area contributed by atoms with Crippen molar-refractivity contribution < 1.29 is 9.53 Å². The van der Waals surface area contributed by atoms with E-state index in [1.165, 1.54) is 31.2 Å². The first kappa shape index (κ1) is 22.3. The van der Waals surface area contributed by atoms with E-state index in [2.05, 4.69) is 40.0 Å². The molecule has 33 heavy (non-hydrogen) atoms. The van der Waals surface area contributed by atoms with E-state index in [9.17, 15) is 4.79 Å². The van der Waals surface area contributed by atoms with Gasteiger partial charge in [0.1, 0.15) is 5.75 Å². The van der Waals surface area contributed by atoms with E-state index >= 15 is 0 Å². The summed E-state index contributed by atoms with van der Waals surface area (Å²) in [6, 6.07) is 14.3. The Morgan fingerprint density at radius 2 is 1.88 bits per heavy atom. The van der Waals surface area contributed by atoms with E-state index in [-0.39, 0.29) is 5.91 Å². The fourth-order valence-corrected chi connectivity index (χ4v) is 5.34. The van der Waals surface area contributed by atoms with Crippen molar-refractivity contribution in [3.05, 3.63) is 68.5 Å². The second-order valence-corrected chi connectivity index (χ2v) is 10.3. The van der Waals surface area contributed by atoms with Crippen LogP contribution in [0.4, 0.5) is 5.82 Å². The number of aryl methyl sites for hydroxylation is 2. The van der Waals surface area contributed by atoms with E-state index in [0.29, 0.717) is 18.2 Å². The summed E-state index contributed by atoms with van der Waals surface area (Å²) in [6.07, 6.45) is 7.91. The third-order valence-corrected chi connectivity index (χ3v) is 7.45. The van der Waals surface area contributed by atoms with E-state index in [4.69, 9.17) is 14.7 Å². The van der Waals surface area contributed by atoms with Crippen molar-refractivity contribution in [1.29, 1.82) is 0 Å². The van der Waals surface area contributed by atoms with Crippen molar-refractivity contribution in [2.45, 2.75) is 51.4 Å². The average Bonchev–Trinajstić information content (AvgIpc) is 3.33. The summed E-state index contributed by atoms with van der Waals surface area (Å²) < 4.78 is 6.58. The minimum Gasteiger partial charge on any atom is -0.497 e. The number of hydrogen-bond acceptors (Lipinski definition) is 4. The van der Waals surface area contributed by atoms with E-state index in [0.717, 1.165) is 56.8 Å². The standard InChI is InChI=1S/C27H28IN3O2/c1-33-21-11-12-22-19(16-21)8-13-23-26(22)29-24(14-17-4-2-3-5-17)27(30-23)31-25(32)15-18-6-9-20(28)10-7-18/h6-7,9-12,16-17H,2-5,8,13-15H2,1H3,(H,30,31,32). The predicted molar refractivity (Wildman–Crippen MR) is 139 cm³/mol. The van der Waals surface area contributed by atoms with Gasteiger partial charge >= 0.3 is 0 Å². The first-order valence-corrected chi connectivity index (χ1v) is 12.8. The van der Waals surface area contributed by atoms with Gasteiger partial charge in [-0.05, 0) is 89.2 Å². The van der Waals surface area contributed by atoms with Gasteiger partial charge in [0.25, 0.3) is 0 Å². The molecule has 1 fully saturated rings. The van der Waals surface area contributed by atoms with Crippen LogP contribution in [0.15, 0.2) is 42.5 Å². The Hall–Kier alpha value is -2.48. The normalized spacial score (nSPS) is 15.1. The van der Waals surface area contributed by atoms with Crippen LogP contribution in [-0.4, -0.2) is 23.0 Å². The maximum Gasteiger partial charge on any atom is 0.229 e. The van der Waals surface area contributed by atoms with Gasteiger partial charge in [0.2, 0.25) is 5.91 Å². The molecule has 1 heterocycles. The number of carbonyl (C=O) groups is 1. The smallest absolute Gasteiger partial charge is 0.229 e. The number of amides is 1. The van der Waals surface area contributed by atoms with Crippen LogP contribution in [0, 0.1) is 9.49 Å². The predicted octanol–water partition coefficient (Wildman–Crippen LogP) is 5.77. The lowest BCUT2D eigenvalue weighted by molar-refractivity contribution is -0.115. The molecule has 0 aliphatic heterocycles. The molecule has 1 aromatic heterocycles. The Morgan fingerprint density at radius 1 is 1.09 bits per heavy atom. The quantitative estimate of drug-likeness (QED) is 0.394. The molecule has 0 unspecified atom stereocenters. The molecule has 1 N–H and O–H groups in total. The number of fused-ring (bicyclic) bond motifs is 3. The Bertz CT molecular complexity index is 1170. The van der Waals surface area contributed by atoms with Crippen molar-refractivity contribution in [2.75, 3.05) is 12.4 Å². The largest absolute Gasteiger partial charge is 0.497 e. The lowest BCUT2D eigenvalue weighted by Gasteiger charge is -2.22. The van der Waals surface area contributed by atoms with Crippen LogP contribution in [0.5, 0.6) is 5.75 Å². The van der Waals surface area contributed by atoms with Crippen molar-refractivity contribution in [3.8, 4) is 17.0 Å². The van der Waals surface area contributed by atoms with Crippen LogP contribution in [0.1, 0.15) is 48.2 Å². The van der Waals surface area contributed by atoms with Gasteiger partial charge in [0.05, 0.1) is 30.6 Å². The molecule has 0 bridgehead atoms. The molecule has 6 heteroatoms. The van der Waals surface area contributed by atoms with E-state index in [1.807, 2.05) is 30.3 Å². The molecule has 0 spiro atoms. The molecule has 3 aromatic rings. The van der Waals surface area contributed by atoms with Crippen LogP contribution < -0.4 is 10.1 Å². The summed E-state index contributed by atoms with van der Waals surface area (Å²) in [4.78, 5) is 23.0. The topological polar surface area (TPSA) is 64.1 Å². The number of aromatic nitrogens is 2. The highest BCUT2D eigenvalue weighted by Crippen LogP contribution is 2.36. The van der Waals surface area contributed by atoms with Crippen molar-refractivity contribution in [2.24, 2.45) is 5.92 Å². The number of benzene rings is 2. The minimum atomic E-state index is -0.0425. The van der Waals surface area contributed by atoms with Crippen molar-refractivity contribution in [3.63, 3.8) is 0 Å². The number of anilines is 1. The summed E-state index contributed by atoms with van der Waals surface area (Å²) in [5.41, 5.74) is 6.22. The van der Waals surface area contributed by atoms with Crippen LogP contribution in [0.2, 0.25) is 0 Å². The van der Waals surface area contributed by atoms with Gasteiger partial charge in [-0.2, -0.15) is 0 Å². The molecule has 2 aliphatic carbocycles. The number of ether oxygens (including phenoxy) is 1. The lowest BCUT2D eigenvalue weighted by atomic mass is 9.91. The van der Waals surface area contributed by atoms with Gasteiger partial charge in [-0.25, -0.2) is 9.97 Å². The number of rotatable bonds is 6. The Labute approximate surface area is 208 Å². The summed E-state index contributed by atoms with van der Waals surface area (Å²) in [6.45, 7) is 0. The van der Waals surface area contributed by atoms with Gasteiger partial charge in [0.15, 0.2) is 5.82 Å². The number of methoxy groups -OCH3 is 1. The lowest BCUT2D eigenvalue weighted by Crippen LogP contribution is -2.20. The van der Waals surface area contributed by atoms with Gasteiger partial charge < -0.3 is 10.1 Å². The zero-order valence-corrected chi connectivity index (χ0v) is 21.0. The molecule has 2 aromatic carbocycles. The molecule has 1 saturated carbocycles. The zero-order chi connectivity index (χ0) is 22.8. The molecule has 5 nitrogen and oxygen atoms in total. The highest BCUT2D eigenvalue weighted by Gasteiger charge is 2.25. The number of nitrogens with zero attached hydrogens (tertiary/aromatic N) is 2. The fourth-order valence-electron chi connectivity index (χ4n) is 4.98. The first-order valence-electron chi connectivity index (χ1n) is 11.7. The summed E-state index contributed by atoms with van der Waals surface area (Å²) in [7, 11) is 1.70. The van der Waals surface area contributed by atoms with Crippen LogP contribution in [0.25, 0.3) is 11.3 Å². The fraction of sp³-hybridized carbons (Fsp3) is 0.370. The highest BCUT2D eigenvalue weighted by atomic mass is 127. The van der Waals surface area contributed by atoms with Crippen LogP contribution in [0.3, 0.4) is 0 Å². The number of halogens is 1. The van der Waals surface area contributed by atoms with Gasteiger partial charge in [-0.15, -0.1) is 0 Å². The third kappa shape index (κ3) is 5.05. The van der Waals surface area contributed by atoms with Crippen LogP contribution >= 0.6 is 22.6 Å². The van der Waals surface area contributed by atoms with Crippen LogP contribution in [-0.2, 0) is 30.5 Å². The van der Waals surface area contributed by atoms with Gasteiger partial charge in [0, 0.05) is 9.13 Å². The second kappa shape index (κ2) is 9.79. The minimum absolute atomic E-state index is 0.0425. The molecule has 1 amide bonds. The van der Waals surface area contributed by atoms with E-state index in [1.54, 1.807) is 7.11 Å². The summed E-state index contributed by atoms with van der Waals surface area (Å²) >= 11 is 2.27. The number of hydrogen-bond donors (Lipinski definition) is 1. The van der Waals surface area contributed by atoms with E-state index < -0.39 is 0 Å². The maximum absolute atomic E-state index is 12.9. The Kier molecular flexibility index (Phi) is 6.62. The molecular weight excluding hydrogens is 525 g/mol. The molecule has 0 radical (unpaired) electrons. The number of carbonyl (C=O) groups excluding carboxylic acids is 1. The Morgan fingerprint density at radius 3 is 2.64 bits per heavy atom. The summed E-state index contributed by atoms with van der Waals surface area (Å²) in [5.74, 6) is 2.09. The molecule has 2 aliphatic rings. The molecule has 0 saturated heterocycles. The molecule has 5 rings (SSSR count). The van der Waals surface area contributed by atoms with Gasteiger partial charge in [-0.1, -0.05) is 37.8 Å². The maximum atomic E-state index is 12.9. The summed E-state index contributed by atoms with van der Waals surface area (Å²) in [5, 5.41) is 3.11. The van der Waals surface area contributed by atoms with Crippen molar-refractivity contribution in [1.82, 2.24) is 9.97 Å². The number of nitrogens with one attached hydrogen (secondary N) is 1.